The number of nitrogens with zero attached hydrogens (tertiary/aromatic N) is 3. The van der Waals surface area contributed by atoms with Crippen molar-refractivity contribution < 1.29 is 0 Å². The molecule has 0 aliphatic heterocycles. The second-order valence-corrected chi connectivity index (χ2v) is 20.3. The molecule has 0 spiro atoms. The zero-order valence-corrected chi connectivity index (χ0v) is 46.7. The number of anilines is 4. The Labute approximate surface area is 459 Å². The van der Waals surface area contributed by atoms with Crippen molar-refractivity contribution in [3.05, 3.63) is 288 Å². The van der Waals surface area contributed by atoms with E-state index in [1.54, 1.807) is 0 Å². The predicted octanol–water partition coefficient (Wildman–Crippen LogP) is 20.9. The first-order valence-corrected chi connectivity index (χ1v) is 28.0. The van der Waals surface area contributed by atoms with Crippen LogP contribution in [-0.4, -0.2) is 6.54 Å². The SMILES string of the molecule is C=C(C=CC(=CCC)N(C(C)=CC=CC)c1ccc(CC=CC(=CC)N(C2=CCCC=C2)c2cccc(C3=C(C)C=CC=CC3)c2C)cc1)c1ccc(N(CC=CC=CCC)c2cccc3c2sc2ccccc23)cc1. The molecule has 0 atom stereocenters. The number of thiophene rings is 1. The second kappa shape index (κ2) is 27.0. The molecule has 3 nitrogen and oxygen atoms in total. The average molecular weight is 1010 g/mol. The Morgan fingerprint density at radius 1 is 0.684 bits per heavy atom. The highest BCUT2D eigenvalue weighted by molar-refractivity contribution is 7.26. The van der Waals surface area contributed by atoms with Crippen LogP contribution >= 0.6 is 11.3 Å². The number of hydrogen-bond donors (Lipinski definition) is 0. The number of benzene rings is 5. The summed E-state index contributed by atoms with van der Waals surface area (Å²) in [6, 6.07) is 40.1. The van der Waals surface area contributed by atoms with E-state index in [0.717, 1.165) is 84.7 Å². The van der Waals surface area contributed by atoms with Crippen molar-refractivity contribution in [2.45, 2.75) is 87.0 Å². The second-order valence-electron chi connectivity index (χ2n) is 19.3. The lowest BCUT2D eigenvalue weighted by molar-refractivity contribution is 0.982. The van der Waals surface area contributed by atoms with E-state index in [0.29, 0.717) is 0 Å². The average Bonchev–Trinajstić information content (AvgIpc) is 3.72. The minimum atomic E-state index is 0.748. The topological polar surface area (TPSA) is 9.72 Å². The van der Waals surface area contributed by atoms with Gasteiger partial charge in [-0.3, -0.25) is 0 Å². The Hall–Kier alpha value is -7.92. The molecule has 0 N–H and O–H groups in total. The van der Waals surface area contributed by atoms with Gasteiger partial charge in [-0.15, -0.1) is 11.3 Å². The molecule has 0 fully saturated rings. The van der Waals surface area contributed by atoms with Crippen molar-refractivity contribution in [3.8, 4) is 0 Å². The minimum Gasteiger partial charge on any atom is -0.336 e. The summed E-state index contributed by atoms with van der Waals surface area (Å²) >= 11 is 1.87. The molecule has 8 rings (SSSR count). The van der Waals surface area contributed by atoms with E-state index in [1.807, 2.05) is 11.3 Å². The Morgan fingerprint density at radius 2 is 1.45 bits per heavy atom. The van der Waals surface area contributed by atoms with E-state index in [1.165, 1.54) is 65.1 Å². The van der Waals surface area contributed by atoms with Gasteiger partial charge in [-0.05, 0) is 179 Å². The zero-order valence-electron chi connectivity index (χ0n) is 45.8. The molecule has 0 saturated carbocycles. The minimum absolute atomic E-state index is 0.748. The van der Waals surface area contributed by atoms with Gasteiger partial charge in [-0.25, -0.2) is 0 Å². The standard InChI is InChI=1S/C72H75N3S/c1-9-13-15-16-25-53-73(70-41-28-39-68-67-37-23-24-42-71(67)76-72(68)70)61-51-46-59(47-52-61)54(5)43-48-62(29-11-3)74(56(7)31-14-10-2)64-49-44-58(45-50-64)32-26-35-60(12-4)75(63-33-20-18-21-34-63)69-40-27-38-66(57(69)8)65-36-22-17-19-30-55(65)6/h10,12-17,19-20,22-31,33-35,37-52H,5,9,11,18,21,32,36,53H2,1-4,6-8H3. The molecule has 1 aromatic heterocycles. The van der Waals surface area contributed by atoms with Crippen LogP contribution < -0.4 is 14.7 Å². The normalized spacial score (nSPS) is 14.7. The van der Waals surface area contributed by atoms with E-state index in [-0.39, 0.29) is 0 Å². The summed E-state index contributed by atoms with van der Waals surface area (Å²) in [5, 5.41) is 2.60. The van der Waals surface area contributed by atoms with Gasteiger partial charge in [0.05, 0.1) is 10.4 Å². The molecular weight excluding hydrogens is 939 g/mol. The summed E-state index contributed by atoms with van der Waals surface area (Å²) in [4.78, 5) is 7.22. The van der Waals surface area contributed by atoms with Gasteiger partial charge < -0.3 is 14.7 Å². The quantitative estimate of drug-likeness (QED) is 0.0665. The lowest BCUT2D eigenvalue weighted by atomic mass is 9.92. The van der Waals surface area contributed by atoms with Gasteiger partial charge in [-0.1, -0.05) is 184 Å². The van der Waals surface area contributed by atoms with Crippen LogP contribution in [0.25, 0.3) is 31.3 Å². The molecule has 2 aliphatic carbocycles. The van der Waals surface area contributed by atoms with Gasteiger partial charge in [0.1, 0.15) is 0 Å². The maximum Gasteiger partial charge on any atom is 0.0595 e. The summed E-state index contributed by atoms with van der Waals surface area (Å²) in [5.74, 6) is 0. The highest BCUT2D eigenvalue weighted by atomic mass is 32.1. The van der Waals surface area contributed by atoms with Gasteiger partial charge in [0, 0.05) is 61.9 Å². The Balaban J connectivity index is 1.02. The highest BCUT2D eigenvalue weighted by Gasteiger charge is 2.21. The molecule has 5 aromatic carbocycles. The monoisotopic (exact) mass is 1010 g/mol. The molecular formula is C72H75N3S. The van der Waals surface area contributed by atoms with E-state index in [4.69, 9.17) is 0 Å². The first kappa shape index (κ1) is 54.3. The van der Waals surface area contributed by atoms with Crippen molar-refractivity contribution in [2.24, 2.45) is 0 Å². The van der Waals surface area contributed by atoms with Crippen LogP contribution in [0.5, 0.6) is 0 Å². The van der Waals surface area contributed by atoms with Gasteiger partial charge in [0.15, 0.2) is 0 Å². The summed E-state index contributed by atoms with van der Waals surface area (Å²) in [6.45, 7) is 20.6. The smallest absolute Gasteiger partial charge is 0.0595 e. The van der Waals surface area contributed by atoms with E-state index in [9.17, 15) is 0 Å². The first-order chi connectivity index (χ1) is 37.2. The summed E-state index contributed by atoms with van der Waals surface area (Å²) < 4.78 is 2.61. The van der Waals surface area contributed by atoms with E-state index < -0.39 is 0 Å². The van der Waals surface area contributed by atoms with Gasteiger partial charge in [-0.2, -0.15) is 0 Å². The highest BCUT2D eigenvalue weighted by Crippen LogP contribution is 2.42. The molecule has 2 aliphatic rings. The van der Waals surface area contributed by atoms with Crippen LogP contribution in [0.1, 0.15) is 95.9 Å². The largest absolute Gasteiger partial charge is 0.336 e. The van der Waals surface area contributed by atoms with Crippen molar-refractivity contribution in [1.29, 1.82) is 0 Å². The van der Waals surface area contributed by atoms with Crippen LogP contribution in [0.15, 0.2) is 266 Å². The Morgan fingerprint density at radius 3 is 2.21 bits per heavy atom. The molecule has 1 heterocycles. The number of fused-ring (bicyclic) bond motifs is 3. The molecule has 0 unspecified atom stereocenters. The maximum absolute atomic E-state index is 4.59. The number of hydrogen-bond acceptors (Lipinski definition) is 4. The van der Waals surface area contributed by atoms with Crippen LogP contribution in [0.3, 0.4) is 0 Å². The van der Waals surface area contributed by atoms with Crippen LogP contribution in [0.2, 0.25) is 0 Å². The lowest BCUT2D eigenvalue weighted by Crippen LogP contribution is -2.22. The van der Waals surface area contributed by atoms with E-state index >= 15 is 0 Å². The third-order valence-corrected chi connectivity index (χ3v) is 15.2. The van der Waals surface area contributed by atoms with Gasteiger partial charge in [0.2, 0.25) is 0 Å². The van der Waals surface area contributed by atoms with Crippen molar-refractivity contribution in [1.82, 2.24) is 0 Å². The summed E-state index contributed by atoms with van der Waals surface area (Å²) in [6.07, 6.45) is 50.1. The molecule has 0 bridgehead atoms. The van der Waals surface area contributed by atoms with Gasteiger partial charge in [0.25, 0.3) is 0 Å². The summed E-state index contributed by atoms with van der Waals surface area (Å²) in [7, 11) is 0. The third-order valence-electron chi connectivity index (χ3n) is 14.0. The predicted molar refractivity (Wildman–Crippen MR) is 338 cm³/mol. The summed E-state index contributed by atoms with van der Waals surface area (Å²) in [5.41, 5.74) is 17.8. The van der Waals surface area contributed by atoms with Gasteiger partial charge >= 0.3 is 0 Å². The van der Waals surface area contributed by atoms with Crippen molar-refractivity contribution >= 4 is 65.4 Å². The van der Waals surface area contributed by atoms with Crippen LogP contribution in [0, 0.1) is 6.92 Å². The van der Waals surface area contributed by atoms with Crippen molar-refractivity contribution in [2.75, 3.05) is 21.2 Å². The van der Waals surface area contributed by atoms with Crippen molar-refractivity contribution in [3.63, 3.8) is 0 Å². The molecule has 76 heavy (non-hydrogen) atoms. The Kier molecular flexibility index (Phi) is 19.3. The third kappa shape index (κ3) is 13.1. The molecule has 4 heteroatoms. The zero-order chi connectivity index (χ0) is 53.2. The first-order valence-electron chi connectivity index (χ1n) is 27.2. The maximum atomic E-state index is 4.59. The fourth-order valence-corrected chi connectivity index (χ4v) is 11.2. The van der Waals surface area contributed by atoms with Crippen LogP contribution in [-0.2, 0) is 6.42 Å². The molecule has 384 valence electrons. The molecule has 0 saturated heterocycles. The fourth-order valence-electron chi connectivity index (χ4n) is 10.0. The van der Waals surface area contributed by atoms with E-state index in [2.05, 4.69) is 300 Å². The van der Waals surface area contributed by atoms with Crippen LogP contribution in [0.4, 0.5) is 22.7 Å². The number of rotatable bonds is 21. The fraction of sp³-hybridized carbons (Fsp3) is 0.194. The molecule has 6 aromatic rings. The Bertz CT molecular complexity index is 3420. The molecule has 0 radical (unpaired) electrons. The number of allylic oxidation sites excluding steroid dienone is 23. The lowest BCUT2D eigenvalue weighted by Gasteiger charge is -2.31. The molecule has 0 amide bonds.